The molecule has 6 nitrogen and oxygen atoms in total. The highest BCUT2D eigenvalue weighted by atomic mass is 35.5. The molecule has 0 aliphatic carbocycles. The second kappa shape index (κ2) is 9.19. The summed E-state index contributed by atoms with van der Waals surface area (Å²) in [5.41, 5.74) is 1.60. The van der Waals surface area contributed by atoms with E-state index in [4.69, 9.17) is 16.3 Å². The molecule has 3 rings (SSSR count). The number of amides is 1. The summed E-state index contributed by atoms with van der Waals surface area (Å²) in [6.45, 7) is 1.38. The standard InChI is InChI=1S/C22H21ClN2O4S/c1-16-7-3-5-9-20(16)25(30(27,28)18-13-11-17(23)12-14-18)15-22(26)24-19-8-4-6-10-21(19)29-2/h3-14H,15H2,1-2H3,(H,24,26). The van der Waals surface area contributed by atoms with Gasteiger partial charge in [-0.05, 0) is 55.0 Å². The highest BCUT2D eigenvalue weighted by Crippen LogP contribution is 2.28. The van der Waals surface area contributed by atoms with Crippen LogP contribution in [-0.2, 0) is 14.8 Å². The van der Waals surface area contributed by atoms with Gasteiger partial charge in [0.1, 0.15) is 12.3 Å². The number of carbonyl (C=O) groups is 1. The predicted molar refractivity (Wildman–Crippen MR) is 119 cm³/mol. The molecule has 8 heteroatoms. The zero-order valence-electron chi connectivity index (χ0n) is 16.5. The number of sulfonamides is 1. The number of carbonyl (C=O) groups excluding carboxylic acids is 1. The number of rotatable bonds is 7. The Morgan fingerprint density at radius 3 is 2.30 bits per heavy atom. The fourth-order valence-corrected chi connectivity index (χ4v) is 4.56. The smallest absolute Gasteiger partial charge is 0.264 e. The summed E-state index contributed by atoms with van der Waals surface area (Å²) in [5, 5.41) is 3.14. The SMILES string of the molecule is COc1ccccc1NC(=O)CN(c1ccccc1C)S(=O)(=O)c1ccc(Cl)cc1. The fraction of sp³-hybridized carbons (Fsp3) is 0.136. The van der Waals surface area contributed by atoms with Crippen molar-refractivity contribution in [3.05, 3.63) is 83.4 Å². The zero-order chi connectivity index (χ0) is 21.7. The van der Waals surface area contributed by atoms with Crippen LogP contribution in [0.4, 0.5) is 11.4 Å². The molecule has 0 saturated heterocycles. The molecule has 0 aromatic heterocycles. The molecule has 0 heterocycles. The predicted octanol–water partition coefficient (Wildman–Crippen LogP) is 4.49. The Kier molecular flexibility index (Phi) is 6.64. The first-order valence-electron chi connectivity index (χ1n) is 9.09. The van der Waals surface area contributed by atoms with Crippen LogP contribution in [0.3, 0.4) is 0 Å². The van der Waals surface area contributed by atoms with Gasteiger partial charge in [0.15, 0.2) is 0 Å². The Hall–Kier alpha value is -3.03. The van der Waals surface area contributed by atoms with Gasteiger partial charge in [0.05, 0.1) is 23.4 Å². The maximum Gasteiger partial charge on any atom is 0.264 e. The van der Waals surface area contributed by atoms with Gasteiger partial charge >= 0.3 is 0 Å². The number of nitrogens with one attached hydrogen (secondary N) is 1. The van der Waals surface area contributed by atoms with Crippen LogP contribution in [0.15, 0.2) is 77.7 Å². The first kappa shape index (κ1) is 21.7. The third-order valence-corrected chi connectivity index (χ3v) is 6.48. The van der Waals surface area contributed by atoms with Gasteiger partial charge in [0.25, 0.3) is 10.0 Å². The summed E-state index contributed by atoms with van der Waals surface area (Å²) in [5.74, 6) is -0.0193. The molecule has 3 aromatic carbocycles. The van der Waals surface area contributed by atoms with Crippen LogP contribution in [0.2, 0.25) is 5.02 Å². The maximum atomic E-state index is 13.4. The minimum atomic E-state index is -4.01. The van der Waals surface area contributed by atoms with E-state index >= 15 is 0 Å². The molecule has 0 aliphatic rings. The van der Waals surface area contributed by atoms with Crippen molar-refractivity contribution in [2.45, 2.75) is 11.8 Å². The molecular formula is C22H21ClN2O4S. The van der Waals surface area contributed by atoms with Gasteiger partial charge in [0.2, 0.25) is 5.91 Å². The first-order chi connectivity index (χ1) is 14.3. The molecule has 1 N–H and O–H groups in total. The van der Waals surface area contributed by atoms with E-state index in [1.807, 2.05) is 0 Å². The fourth-order valence-electron chi connectivity index (χ4n) is 2.94. The van der Waals surface area contributed by atoms with E-state index in [0.29, 0.717) is 22.1 Å². The van der Waals surface area contributed by atoms with Crippen LogP contribution in [0, 0.1) is 6.92 Å². The Balaban J connectivity index is 1.97. The van der Waals surface area contributed by atoms with E-state index < -0.39 is 22.5 Å². The number of hydrogen-bond acceptors (Lipinski definition) is 4. The molecule has 0 fully saturated rings. The van der Waals surface area contributed by atoms with E-state index in [-0.39, 0.29) is 4.90 Å². The molecule has 0 atom stereocenters. The van der Waals surface area contributed by atoms with E-state index in [1.54, 1.807) is 55.5 Å². The molecule has 3 aromatic rings. The lowest BCUT2D eigenvalue weighted by Gasteiger charge is -2.25. The molecule has 0 bridgehead atoms. The number of halogens is 1. The first-order valence-corrected chi connectivity index (χ1v) is 10.9. The van der Waals surface area contributed by atoms with Crippen LogP contribution >= 0.6 is 11.6 Å². The summed E-state index contributed by atoms with van der Waals surface area (Å²) >= 11 is 5.90. The number of hydrogen-bond donors (Lipinski definition) is 1. The number of methoxy groups -OCH3 is 1. The van der Waals surface area contributed by atoms with Gasteiger partial charge in [-0.3, -0.25) is 9.10 Å². The van der Waals surface area contributed by atoms with Crippen molar-refractivity contribution < 1.29 is 17.9 Å². The topological polar surface area (TPSA) is 75.7 Å². The van der Waals surface area contributed by atoms with E-state index in [0.717, 1.165) is 9.87 Å². The molecule has 1 amide bonds. The summed E-state index contributed by atoms with van der Waals surface area (Å²) in [7, 11) is -2.52. The number of aryl methyl sites for hydroxylation is 1. The normalized spacial score (nSPS) is 11.0. The summed E-state index contributed by atoms with van der Waals surface area (Å²) in [6.07, 6.45) is 0. The molecule has 0 radical (unpaired) electrons. The highest BCUT2D eigenvalue weighted by Gasteiger charge is 2.28. The van der Waals surface area contributed by atoms with Crippen molar-refractivity contribution in [1.29, 1.82) is 0 Å². The lowest BCUT2D eigenvalue weighted by Crippen LogP contribution is -2.38. The van der Waals surface area contributed by atoms with Gasteiger partial charge in [-0.15, -0.1) is 0 Å². The van der Waals surface area contributed by atoms with Crippen LogP contribution < -0.4 is 14.4 Å². The number of benzene rings is 3. The van der Waals surface area contributed by atoms with Gasteiger partial charge in [-0.2, -0.15) is 0 Å². The largest absolute Gasteiger partial charge is 0.495 e. The minimum absolute atomic E-state index is 0.0419. The van der Waals surface area contributed by atoms with Gasteiger partial charge in [-0.25, -0.2) is 8.42 Å². The monoisotopic (exact) mass is 444 g/mol. The molecule has 0 unspecified atom stereocenters. The van der Waals surface area contributed by atoms with Crippen molar-refractivity contribution in [2.75, 3.05) is 23.3 Å². The van der Waals surface area contributed by atoms with E-state index in [9.17, 15) is 13.2 Å². The zero-order valence-corrected chi connectivity index (χ0v) is 18.1. The maximum absolute atomic E-state index is 13.4. The minimum Gasteiger partial charge on any atom is -0.495 e. The Bertz CT molecular complexity index is 1150. The average Bonchev–Trinajstić information content (AvgIpc) is 2.73. The van der Waals surface area contributed by atoms with Crippen molar-refractivity contribution in [2.24, 2.45) is 0 Å². The van der Waals surface area contributed by atoms with Crippen LogP contribution in [0.1, 0.15) is 5.56 Å². The van der Waals surface area contributed by atoms with Gasteiger partial charge in [0, 0.05) is 5.02 Å². The molecule has 0 aliphatic heterocycles. The Morgan fingerprint density at radius 1 is 1.00 bits per heavy atom. The lowest BCUT2D eigenvalue weighted by atomic mass is 10.2. The summed E-state index contributed by atoms with van der Waals surface area (Å²) in [6, 6.07) is 19.7. The number of ether oxygens (including phenoxy) is 1. The van der Waals surface area contributed by atoms with Crippen LogP contribution in [0.5, 0.6) is 5.75 Å². The Labute approximate surface area is 181 Å². The van der Waals surface area contributed by atoms with Gasteiger partial charge in [-0.1, -0.05) is 41.9 Å². The van der Waals surface area contributed by atoms with Crippen LogP contribution in [0.25, 0.3) is 0 Å². The van der Waals surface area contributed by atoms with Crippen molar-refractivity contribution in [1.82, 2.24) is 0 Å². The second-order valence-electron chi connectivity index (χ2n) is 6.50. The van der Waals surface area contributed by atoms with Crippen molar-refractivity contribution >= 4 is 38.9 Å². The van der Waals surface area contributed by atoms with E-state index in [2.05, 4.69) is 5.32 Å². The lowest BCUT2D eigenvalue weighted by molar-refractivity contribution is -0.114. The third-order valence-electron chi connectivity index (χ3n) is 4.45. The number of nitrogens with zero attached hydrogens (tertiary/aromatic N) is 1. The average molecular weight is 445 g/mol. The van der Waals surface area contributed by atoms with E-state index in [1.165, 1.54) is 31.4 Å². The highest BCUT2D eigenvalue weighted by molar-refractivity contribution is 7.92. The van der Waals surface area contributed by atoms with Crippen LogP contribution in [-0.4, -0.2) is 28.0 Å². The quantitative estimate of drug-likeness (QED) is 0.582. The van der Waals surface area contributed by atoms with Crippen molar-refractivity contribution in [3.63, 3.8) is 0 Å². The molecule has 156 valence electrons. The molecular weight excluding hydrogens is 424 g/mol. The molecule has 30 heavy (non-hydrogen) atoms. The molecule has 0 spiro atoms. The summed E-state index contributed by atoms with van der Waals surface area (Å²) < 4.78 is 33.1. The Morgan fingerprint density at radius 2 is 1.63 bits per heavy atom. The van der Waals surface area contributed by atoms with Gasteiger partial charge < -0.3 is 10.1 Å². The summed E-state index contributed by atoms with van der Waals surface area (Å²) in [4.78, 5) is 12.9. The second-order valence-corrected chi connectivity index (χ2v) is 8.80. The number of anilines is 2. The van der Waals surface area contributed by atoms with Crippen molar-refractivity contribution in [3.8, 4) is 5.75 Å². The third kappa shape index (κ3) is 4.75. The number of para-hydroxylation sites is 3. The molecule has 0 saturated carbocycles.